The molecule has 0 aliphatic heterocycles. The normalized spacial score (nSPS) is 14.9. The molecule has 14 heteroatoms. The van der Waals surface area contributed by atoms with Gasteiger partial charge in [0.15, 0.2) is 11.6 Å². The number of nitrogens with zero attached hydrogens (tertiary/aromatic N) is 4. The van der Waals surface area contributed by atoms with Gasteiger partial charge in [-0.05, 0) is 168 Å². The van der Waals surface area contributed by atoms with Crippen molar-refractivity contribution in [3.8, 4) is 43.8 Å². The summed E-state index contributed by atoms with van der Waals surface area (Å²) in [7, 11) is 0. The number of rotatable bonds is 26. The van der Waals surface area contributed by atoms with Crippen LogP contribution in [0.15, 0.2) is 168 Å². The number of nitriles is 4. The van der Waals surface area contributed by atoms with Gasteiger partial charge in [0.05, 0.1) is 49.1 Å². The monoisotopic (exact) mass is 1520 g/mol. The van der Waals surface area contributed by atoms with Crippen molar-refractivity contribution in [1.29, 1.82) is 21.0 Å². The highest BCUT2D eigenvalue weighted by molar-refractivity contribution is 7.37. The van der Waals surface area contributed by atoms with Gasteiger partial charge in [0.2, 0.25) is 0 Å². The van der Waals surface area contributed by atoms with Crippen molar-refractivity contribution in [3.05, 3.63) is 278 Å². The van der Waals surface area contributed by atoms with E-state index in [2.05, 4.69) is 137 Å². The van der Waals surface area contributed by atoms with Gasteiger partial charge in [-0.15, -0.1) is 68.0 Å². The number of aryl methyl sites for hydroxylation is 4. The number of benzene rings is 6. The summed E-state index contributed by atoms with van der Waals surface area (Å²) in [6.45, 7) is 9.02. The van der Waals surface area contributed by atoms with E-state index < -0.39 is 22.5 Å². The van der Waals surface area contributed by atoms with Crippen molar-refractivity contribution in [3.63, 3.8) is 0 Å². The summed E-state index contributed by atoms with van der Waals surface area (Å²) in [5.41, 5.74) is 14.2. The summed E-state index contributed by atoms with van der Waals surface area (Å²) in [5.74, 6) is -1.84. The van der Waals surface area contributed by atoms with Gasteiger partial charge in [0.25, 0.3) is 0 Å². The summed E-state index contributed by atoms with van der Waals surface area (Å²) >= 11 is 10.6. The van der Waals surface area contributed by atoms with Crippen molar-refractivity contribution in [2.24, 2.45) is 0 Å². The van der Waals surface area contributed by atoms with Gasteiger partial charge in [-0.1, -0.05) is 202 Å². The maximum Gasteiger partial charge on any atom is 0.194 e. The van der Waals surface area contributed by atoms with E-state index in [1.165, 1.54) is 161 Å². The van der Waals surface area contributed by atoms with Crippen LogP contribution < -0.4 is 0 Å². The Bertz CT molecular complexity index is 5420. The molecular formula is C94H78F2N4O2S6. The van der Waals surface area contributed by atoms with Crippen LogP contribution in [0.2, 0.25) is 0 Å². The topological polar surface area (TPSA) is 129 Å². The molecule has 0 bridgehead atoms. The van der Waals surface area contributed by atoms with E-state index in [0.29, 0.717) is 0 Å². The van der Waals surface area contributed by atoms with E-state index >= 15 is 8.78 Å². The number of Topliss-reactive ketones (excluding diaryl/α,β-unsaturated/α-hetero) is 2. The first-order valence-corrected chi connectivity index (χ1v) is 43.1. The zero-order chi connectivity index (χ0) is 74.5. The van der Waals surface area contributed by atoms with Gasteiger partial charge in [0.1, 0.15) is 47.1 Å². The van der Waals surface area contributed by atoms with Crippen LogP contribution in [0.5, 0.6) is 0 Å². The largest absolute Gasteiger partial charge is 0.289 e. The number of hydrogen-bond donors (Lipinski definition) is 0. The summed E-state index contributed by atoms with van der Waals surface area (Å²) in [4.78, 5) is 35.6. The van der Waals surface area contributed by atoms with E-state index in [-0.39, 0.29) is 67.3 Å². The molecule has 0 radical (unpaired) electrons. The Hall–Kier alpha value is -9.58. The highest BCUT2D eigenvalue weighted by atomic mass is 32.1. The fraction of sp³-hybridized carbons (Fsp3) is 0.277. The molecule has 0 N–H and O–H groups in total. The lowest BCUT2D eigenvalue weighted by Gasteiger charge is -2.34. The van der Waals surface area contributed by atoms with Gasteiger partial charge in [0, 0.05) is 74.8 Å². The number of halogens is 2. The highest BCUT2D eigenvalue weighted by Crippen LogP contribution is 2.72. The van der Waals surface area contributed by atoms with E-state index in [4.69, 9.17) is 0 Å². The lowest BCUT2D eigenvalue weighted by molar-refractivity contribution is 0.103. The first-order chi connectivity index (χ1) is 52.8. The second-order valence-corrected chi connectivity index (χ2v) is 35.5. The number of ketones is 2. The third-order valence-corrected chi connectivity index (χ3v) is 30.2. The predicted molar refractivity (Wildman–Crippen MR) is 446 cm³/mol. The quantitative estimate of drug-likeness (QED) is 0.0302. The molecule has 536 valence electrons. The molecular weight excluding hydrogens is 1450 g/mol. The molecule has 16 rings (SSSR count). The Morgan fingerprint density at radius 3 is 0.944 bits per heavy atom. The van der Waals surface area contributed by atoms with Gasteiger partial charge in [-0.3, -0.25) is 9.59 Å². The van der Waals surface area contributed by atoms with Crippen LogP contribution in [0.3, 0.4) is 0 Å². The molecule has 4 aliphatic rings. The first kappa shape index (κ1) is 72.6. The van der Waals surface area contributed by atoms with Crippen molar-refractivity contribution in [2.75, 3.05) is 0 Å². The number of thiophene rings is 6. The molecule has 6 aromatic heterocycles. The number of allylic oxidation sites excluding steroid dienone is 6. The Morgan fingerprint density at radius 2 is 0.648 bits per heavy atom. The molecule has 0 amide bonds. The summed E-state index contributed by atoms with van der Waals surface area (Å²) < 4.78 is 37.1. The average Bonchev–Trinajstić information content (AvgIpc) is 1.48. The first-order valence-electron chi connectivity index (χ1n) is 38.2. The number of fused-ring (bicyclic) bond motifs is 15. The van der Waals surface area contributed by atoms with E-state index in [1.54, 1.807) is 45.3 Å². The Morgan fingerprint density at radius 1 is 0.352 bits per heavy atom. The van der Waals surface area contributed by atoms with Crippen LogP contribution in [-0.4, -0.2) is 11.6 Å². The van der Waals surface area contributed by atoms with Gasteiger partial charge >= 0.3 is 0 Å². The molecule has 4 aliphatic carbocycles. The standard InChI is InChI=1S/C94H78F2N4O2S6/c1-5-9-13-17-21-55-25-33-61(34-26-55)93(62-35-27-56(28-36-62)22-18-14-10-6-2)79-85-75(49-67(103-85)47-73-77(59(51-97)52-98)71-45-65(95)41-43-69(71)83(73)101)105-87(79)89-81(93)91-92(107-89)82-90(108-91)88-80(86-76(106-88)50-68(104-86)48-74-78(60(53-99)54-100)72-46-66(96)42-44-70(72)84(74)102)94(82,63-37-29-57(30-38-63)23-19-15-11-7-3)64-39-31-58(32-40-64)24-20-16-12-8-4/h25-50H,5-24H2,1-4H3. The summed E-state index contributed by atoms with van der Waals surface area (Å²) in [6.07, 6.45) is 26.0. The van der Waals surface area contributed by atoms with Gasteiger partial charge in [-0.2, -0.15) is 21.0 Å². The molecule has 12 aromatic rings. The van der Waals surface area contributed by atoms with Crippen molar-refractivity contribution >= 4 is 131 Å². The Labute approximate surface area is 654 Å². The maximum atomic E-state index is 15.2. The highest BCUT2D eigenvalue weighted by Gasteiger charge is 2.57. The van der Waals surface area contributed by atoms with Crippen molar-refractivity contribution < 1.29 is 18.4 Å². The second-order valence-electron chi connectivity index (χ2n) is 29.2. The maximum absolute atomic E-state index is 15.2. The number of carbonyl (C=O) groups is 2. The van der Waals surface area contributed by atoms with Gasteiger partial charge in [-0.25, -0.2) is 8.78 Å². The van der Waals surface area contributed by atoms with Crippen LogP contribution in [0.1, 0.15) is 239 Å². The summed E-state index contributed by atoms with van der Waals surface area (Å²) in [6, 6.07) is 58.5. The molecule has 0 unspecified atom stereocenters. The second kappa shape index (κ2) is 30.5. The number of unbranched alkanes of at least 4 members (excludes halogenated alkanes) is 12. The van der Waals surface area contributed by atoms with Gasteiger partial charge < -0.3 is 0 Å². The minimum atomic E-state index is -0.872. The molecule has 0 saturated heterocycles. The smallest absolute Gasteiger partial charge is 0.194 e. The average molecular weight is 1530 g/mol. The number of carbonyl (C=O) groups excluding carboxylic acids is 2. The molecule has 0 spiro atoms. The third kappa shape index (κ3) is 12.2. The molecule has 6 nitrogen and oxygen atoms in total. The van der Waals surface area contributed by atoms with Crippen LogP contribution in [0.25, 0.3) is 71.0 Å². The summed E-state index contributed by atoms with van der Waals surface area (Å²) in [5, 5.41) is 41.6. The molecule has 0 saturated carbocycles. The lowest BCUT2D eigenvalue weighted by Crippen LogP contribution is -2.29. The van der Waals surface area contributed by atoms with Crippen molar-refractivity contribution in [1.82, 2.24) is 0 Å². The zero-order valence-electron chi connectivity index (χ0n) is 61.0. The minimum absolute atomic E-state index is 0.152. The zero-order valence-corrected chi connectivity index (χ0v) is 65.9. The fourth-order valence-corrected chi connectivity index (χ4v) is 26.2. The molecule has 108 heavy (non-hydrogen) atoms. The molecule has 6 heterocycles. The minimum Gasteiger partial charge on any atom is -0.289 e. The van der Waals surface area contributed by atoms with Crippen LogP contribution in [0.4, 0.5) is 8.78 Å². The Balaban J connectivity index is 0.970. The van der Waals surface area contributed by atoms with E-state index in [9.17, 15) is 30.6 Å². The molecule has 0 fully saturated rings. The van der Waals surface area contributed by atoms with Crippen LogP contribution in [-0.2, 0) is 36.5 Å². The Kier molecular flexibility index (Phi) is 20.5. The lowest BCUT2D eigenvalue weighted by atomic mass is 9.67. The van der Waals surface area contributed by atoms with Crippen molar-refractivity contribution in [2.45, 2.75) is 167 Å². The van der Waals surface area contributed by atoms with E-state index in [1.807, 2.05) is 59.1 Å². The fourth-order valence-electron chi connectivity index (χ4n) is 17.4. The number of hydrogen-bond acceptors (Lipinski definition) is 12. The SMILES string of the molecule is CCCCCCc1ccc(C2(c3ccc(CCCCCC)cc3)c3c(sc4cc(C=C5C(=O)c6ccc(F)cc6C5=C(C#N)C#N)sc34)-c3sc4c5c(sc4c32)-c2sc3cc(C=C4C(=O)c6ccc(F)cc6C4=C(C#N)C#N)sc3c2C5(c2ccc(CCCCCC)cc2)c2ccc(CCCCCC)cc2)cc1. The predicted octanol–water partition coefficient (Wildman–Crippen LogP) is 27.2. The molecule has 6 aromatic carbocycles. The third-order valence-electron chi connectivity index (χ3n) is 22.6. The van der Waals surface area contributed by atoms with Crippen LogP contribution in [0, 0.1) is 57.0 Å². The van der Waals surface area contributed by atoms with Crippen LogP contribution >= 0.6 is 68.0 Å². The molecule has 0 atom stereocenters. The van der Waals surface area contributed by atoms with E-state index in [0.717, 1.165) is 128 Å².